The lowest BCUT2D eigenvalue weighted by Crippen LogP contribution is -2.25. The van der Waals surface area contributed by atoms with Gasteiger partial charge in [0.1, 0.15) is 16.5 Å². The summed E-state index contributed by atoms with van der Waals surface area (Å²) in [6.45, 7) is 6.27. The number of hydrogen-bond donors (Lipinski definition) is 1. The molecular weight excluding hydrogens is 476 g/mol. The van der Waals surface area contributed by atoms with Gasteiger partial charge in [-0.1, -0.05) is 48.5 Å². The molecule has 2 aromatic heterocycles. The van der Waals surface area contributed by atoms with Gasteiger partial charge in [-0.05, 0) is 43.5 Å². The molecule has 0 spiro atoms. The number of hydrogen-bond acceptors (Lipinski definition) is 5. The number of carbonyl (C=O) groups excluding carboxylic acids is 1. The lowest BCUT2D eigenvalue weighted by atomic mass is 10.1. The molecule has 9 heteroatoms. The first-order valence-electron chi connectivity index (χ1n) is 10.7. The van der Waals surface area contributed by atoms with E-state index in [0.717, 1.165) is 57.9 Å². The van der Waals surface area contributed by atoms with Crippen LogP contribution in [-0.4, -0.2) is 21.2 Å². The van der Waals surface area contributed by atoms with E-state index in [1.807, 2.05) is 45.0 Å². The first kappa shape index (κ1) is 24.1. The second-order valence-electron chi connectivity index (χ2n) is 7.92. The number of anilines is 1. The maximum absolute atomic E-state index is 13.9. The van der Waals surface area contributed by atoms with Gasteiger partial charge in [0, 0.05) is 10.9 Å². The molecule has 2 heterocycles. The average molecular weight is 500 g/mol. The first-order chi connectivity index (χ1) is 16.3. The molecule has 4 rings (SSSR count). The summed E-state index contributed by atoms with van der Waals surface area (Å²) in [6, 6.07) is 10.7. The molecule has 34 heavy (non-hydrogen) atoms. The highest BCUT2D eigenvalue weighted by Gasteiger charge is 2.19. The van der Waals surface area contributed by atoms with Crippen molar-refractivity contribution in [1.82, 2.24) is 9.55 Å². The minimum Gasteiger partial charge on any atom is -0.323 e. The van der Waals surface area contributed by atoms with Crippen molar-refractivity contribution in [2.45, 2.75) is 38.9 Å². The smallest absolute Gasteiger partial charge is 0.263 e. The van der Waals surface area contributed by atoms with Crippen LogP contribution in [0, 0.1) is 25.5 Å². The van der Waals surface area contributed by atoms with Crippen LogP contribution >= 0.6 is 23.1 Å². The molecule has 0 aliphatic rings. The highest BCUT2D eigenvalue weighted by atomic mass is 32.2. The van der Waals surface area contributed by atoms with Crippen LogP contribution in [0.5, 0.6) is 0 Å². The second kappa shape index (κ2) is 10.1. The predicted octanol–water partition coefficient (Wildman–Crippen LogP) is 5.69. The topological polar surface area (TPSA) is 64.0 Å². The summed E-state index contributed by atoms with van der Waals surface area (Å²) in [5.74, 6) is -2.02. The Morgan fingerprint density at radius 2 is 1.88 bits per heavy atom. The maximum atomic E-state index is 13.9. The summed E-state index contributed by atoms with van der Waals surface area (Å²) < 4.78 is 28.9. The molecular formula is C25H23F2N3O2S2. The molecule has 0 aliphatic heterocycles. The van der Waals surface area contributed by atoms with E-state index in [-0.39, 0.29) is 17.0 Å². The second-order valence-corrected chi connectivity index (χ2v) is 9.94. The molecule has 0 fully saturated rings. The fraction of sp³-hybridized carbons (Fsp3) is 0.240. The van der Waals surface area contributed by atoms with Gasteiger partial charge in [-0.2, -0.15) is 0 Å². The van der Waals surface area contributed by atoms with Crippen LogP contribution in [0.3, 0.4) is 0 Å². The van der Waals surface area contributed by atoms with Crippen LogP contribution in [0.2, 0.25) is 0 Å². The van der Waals surface area contributed by atoms with Gasteiger partial charge in [0.2, 0.25) is 5.91 Å². The van der Waals surface area contributed by atoms with Crippen molar-refractivity contribution in [3.8, 4) is 0 Å². The van der Waals surface area contributed by atoms with Gasteiger partial charge < -0.3 is 5.32 Å². The van der Waals surface area contributed by atoms with Crippen molar-refractivity contribution in [2.24, 2.45) is 0 Å². The number of rotatable bonds is 7. The van der Waals surface area contributed by atoms with E-state index in [1.165, 1.54) is 11.3 Å². The van der Waals surface area contributed by atoms with Gasteiger partial charge >= 0.3 is 0 Å². The van der Waals surface area contributed by atoms with E-state index >= 15 is 0 Å². The number of carbonyl (C=O) groups is 1. The number of nitrogens with one attached hydrogen (secondary N) is 1. The maximum Gasteiger partial charge on any atom is 0.263 e. The summed E-state index contributed by atoms with van der Waals surface area (Å²) in [5.41, 5.74) is 2.60. The average Bonchev–Trinajstić information content (AvgIpc) is 3.13. The normalized spacial score (nSPS) is 11.2. The molecule has 0 saturated carbocycles. The van der Waals surface area contributed by atoms with Crippen LogP contribution in [0.25, 0.3) is 10.2 Å². The summed E-state index contributed by atoms with van der Waals surface area (Å²) in [6.07, 6.45) is 0.800. The highest BCUT2D eigenvalue weighted by Crippen LogP contribution is 2.30. The standard InChI is InChI=1S/C25H23F2N3O2S2/c1-4-20-15(3)22-23(34-20)29-25(30(24(22)32)12-16-7-5-14(2)6-8-16)33-13-21(31)28-19-11-17(26)9-10-18(19)27/h5-11H,4,12-13H2,1-3H3,(H,28,31). The van der Waals surface area contributed by atoms with Gasteiger partial charge in [0.05, 0.1) is 23.4 Å². The summed E-state index contributed by atoms with van der Waals surface area (Å²) >= 11 is 2.57. The number of benzene rings is 2. The first-order valence-corrected chi connectivity index (χ1v) is 12.5. The third-order valence-electron chi connectivity index (χ3n) is 5.43. The van der Waals surface area contributed by atoms with E-state index in [2.05, 4.69) is 5.32 Å². The number of fused-ring (bicyclic) bond motifs is 1. The molecule has 0 radical (unpaired) electrons. The Hall–Kier alpha value is -3.04. The SMILES string of the molecule is CCc1sc2nc(SCC(=O)Nc3cc(F)ccc3F)n(Cc3ccc(C)cc3)c(=O)c2c1C. The van der Waals surface area contributed by atoms with E-state index in [9.17, 15) is 18.4 Å². The van der Waals surface area contributed by atoms with E-state index in [0.29, 0.717) is 21.9 Å². The molecule has 0 unspecified atom stereocenters. The Bertz CT molecular complexity index is 1430. The lowest BCUT2D eigenvalue weighted by Gasteiger charge is -2.13. The van der Waals surface area contributed by atoms with Crippen LogP contribution in [0.15, 0.2) is 52.4 Å². The Morgan fingerprint density at radius 1 is 1.15 bits per heavy atom. The van der Waals surface area contributed by atoms with Gasteiger partial charge in [0.15, 0.2) is 5.16 Å². The zero-order valence-corrected chi connectivity index (χ0v) is 20.6. The van der Waals surface area contributed by atoms with Crippen molar-refractivity contribution < 1.29 is 13.6 Å². The molecule has 2 aromatic carbocycles. The molecule has 1 amide bonds. The molecule has 5 nitrogen and oxygen atoms in total. The highest BCUT2D eigenvalue weighted by molar-refractivity contribution is 7.99. The fourth-order valence-electron chi connectivity index (χ4n) is 3.62. The summed E-state index contributed by atoms with van der Waals surface area (Å²) in [5, 5.41) is 3.38. The molecule has 0 bridgehead atoms. The largest absolute Gasteiger partial charge is 0.323 e. The Kier molecular flexibility index (Phi) is 7.13. The minimum atomic E-state index is -0.725. The number of aryl methyl sites for hydroxylation is 3. The minimum absolute atomic E-state index is 0.118. The van der Waals surface area contributed by atoms with Gasteiger partial charge in [-0.15, -0.1) is 11.3 Å². The molecule has 1 N–H and O–H groups in total. The van der Waals surface area contributed by atoms with Crippen LogP contribution in [0.4, 0.5) is 14.5 Å². The van der Waals surface area contributed by atoms with Crippen molar-refractivity contribution in [3.63, 3.8) is 0 Å². The molecule has 0 atom stereocenters. The number of halogens is 2. The molecule has 0 saturated heterocycles. The Labute approximate surface area is 203 Å². The van der Waals surface area contributed by atoms with Crippen LogP contribution in [-0.2, 0) is 17.8 Å². The van der Waals surface area contributed by atoms with E-state index < -0.39 is 17.5 Å². The number of amides is 1. The molecule has 4 aromatic rings. The Balaban J connectivity index is 1.67. The predicted molar refractivity (Wildman–Crippen MR) is 134 cm³/mol. The van der Waals surface area contributed by atoms with E-state index in [4.69, 9.17) is 4.98 Å². The number of nitrogens with zero attached hydrogens (tertiary/aromatic N) is 2. The van der Waals surface area contributed by atoms with Crippen LogP contribution in [0.1, 0.15) is 28.5 Å². The van der Waals surface area contributed by atoms with Crippen molar-refractivity contribution in [2.75, 3.05) is 11.1 Å². The molecule has 176 valence electrons. The van der Waals surface area contributed by atoms with Crippen LogP contribution < -0.4 is 10.9 Å². The Morgan fingerprint density at radius 3 is 2.59 bits per heavy atom. The summed E-state index contributed by atoms with van der Waals surface area (Å²) in [4.78, 5) is 32.4. The fourth-order valence-corrected chi connectivity index (χ4v) is 5.57. The third-order valence-corrected chi connectivity index (χ3v) is 7.74. The van der Waals surface area contributed by atoms with Crippen molar-refractivity contribution >= 4 is 44.9 Å². The third kappa shape index (κ3) is 5.05. The zero-order chi connectivity index (χ0) is 24.4. The van der Waals surface area contributed by atoms with Gasteiger partial charge in [-0.25, -0.2) is 13.8 Å². The quantitative estimate of drug-likeness (QED) is 0.262. The lowest BCUT2D eigenvalue weighted by molar-refractivity contribution is -0.113. The van der Waals surface area contributed by atoms with Gasteiger partial charge in [-0.3, -0.25) is 14.2 Å². The van der Waals surface area contributed by atoms with Crippen molar-refractivity contribution in [1.29, 1.82) is 0 Å². The van der Waals surface area contributed by atoms with E-state index in [1.54, 1.807) is 4.57 Å². The number of aromatic nitrogens is 2. The number of thiophene rings is 1. The zero-order valence-electron chi connectivity index (χ0n) is 18.9. The van der Waals surface area contributed by atoms with Crippen molar-refractivity contribution in [3.05, 3.63) is 86.0 Å². The van der Waals surface area contributed by atoms with Gasteiger partial charge in [0.25, 0.3) is 5.56 Å². The molecule has 0 aliphatic carbocycles. The number of thioether (sulfide) groups is 1. The summed E-state index contributed by atoms with van der Waals surface area (Å²) in [7, 11) is 0. The monoisotopic (exact) mass is 499 g/mol.